The third-order valence-corrected chi connectivity index (χ3v) is 6.11. The Labute approximate surface area is 153 Å². The molecule has 2 heterocycles. The molecule has 2 fully saturated rings. The first-order valence-electron chi connectivity index (χ1n) is 8.02. The van der Waals surface area contributed by atoms with Gasteiger partial charge in [-0.25, -0.2) is 0 Å². The number of piperidine rings is 1. The summed E-state index contributed by atoms with van der Waals surface area (Å²) in [4.78, 5) is 24.6. The van der Waals surface area contributed by atoms with Gasteiger partial charge in [-0.2, -0.15) is 0 Å². The highest BCUT2D eigenvalue weighted by molar-refractivity contribution is 7.95. The number of fused-ring (bicyclic) bond motifs is 2. The summed E-state index contributed by atoms with van der Waals surface area (Å²) in [6, 6.07) is 7.79. The Hall–Kier alpha value is -1.07. The molecule has 0 aliphatic carbocycles. The van der Waals surface area contributed by atoms with Gasteiger partial charge < -0.3 is 10.6 Å². The van der Waals surface area contributed by atoms with E-state index in [2.05, 4.69) is 10.6 Å². The number of carbonyl (C=O) groups is 2. The SMILES string of the molecule is O=C(NCC(=O)N(P=S)[C@H]1C[C@H]2CC[C@@H](C1)N2)c1cccc(Cl)c1. The van der Waals surface area contributed by atoms with Crippen molar-refractivity contribution in [1.82, 2.24) is 15.3 Å². The Kier molecular flexibility index (Phi) is 5.82. The van der Waals surface area contributed by atoms with Crippen molar-refractivity contribution in [3.05, 3.63) is 34.9 Å². The number of nitrogens with zero attached hydrogens (tertiary/aromatic N) is 1. The third kappa shape index (κ3) is 4.12. The van der Waals surface area contributed by atoms with Crippen molar-refractivity contribution in [3.63, 3.8) is 0 Å². The number of halogens is 1. The fourth-order valence-corrected chi connectivity index (χ4v) is 4.86. The van der Waals surface area contributed by atoms with Crippen LogP contribution in [-0.2, 0) is 16.6 Å². The number of amides is 2. The average Bonchev–Trinajstić information content (AvgIpc) is 2.91. The highest BCUT2D eigenvalue weighted by Crippen LogP contribution is 2.32. The molecule has 0 saturated carbocycles. The van der Waals surface area contributed by atoms with Crippen LogP contribution in [0.4, 0.5) is 0 Å². The second-order valence-corrected chi connectivity index (χ2v) is 7.80. The zero-order valence-corrected chi connectivity index (χ0v) is 15.5. The smallest absolute Gasteiger partial charge is 0.251 e. The summed E-state index contributed by atoms with van der Waals surface area (Å²) >= 11 is 11.0. The van der Waals surface area contributed by atoms with E-state index < -0.39 is 0 Å². The predicted molar refractivity (Wildman–Crippen MR) is 97.9 cm³/mol. The maximum Gasteiger partial charge on any atom is 0.251 e. The molecule has 8 heteroatoms. The van der Waals surface area contributed by atoms with Gasteiger partial charge in [0.15, 0.2) is 0 Å². The standard InChI is InChI=1S/C16H19ClN3O2PS/c17-11-3-1-2-10(6-11)16(22)18-9-15(21)20(23-24)14-7-12-4-5-13(8-14)19-12/h1-3,6,12-14,19H,4-5,7-9H2,(H,18,22)/t12-,13+,14+. The molecule has 0 unspecified atom stereocenters. The molecule has 2 bridgehead atoms. The number of hydrogen-bond donors (Lipinski definition) is 2. The largest absolute Gasteiger partial charge is 0.343 e. The summed E-state index contributed by atoms with van der Waals surface area (Å²) in [6.07, 6.45) is 4.22. The van der Waals surface area contributed by atoms with E-state index in [1.807, 2.05) is 0 Å². The highest BCUT2D eigenvalue weighted by Gasteiger charge is 2.37. The molecule has 2 N–H and O–H groups in total. The van der Waals surface area contributed by atoms with Crippen LogP contribution in [0.25, 0.3) is 0 Å². The maximum atomic E-state index is 12.5. The van der Waals surface area contributed by atoms with E-state index in [4.69, 9.17) is 23.4 Å². The maximum absolute atomic E-state index is 12.5. The van der Waals surface area contributed by atoms with Gasteiger partial charge in [-0.3, -0.25) is 14.3 Å². The van der Waals surface area contributed by atoms with Crippen molar-refractivity contribution >= 4 is 42.7 Å². The zero-order chi connectivity index (χ0) is 17.1. The molecule has 1 aromatic carbocycles. The lowest BCUT2D eigenvalue weighted by molar-refractivity contribution is -0.127. The molecule has 2 aliphatic rings. The molecular formula is C16H19ClN3O2PS. The van der Waals surface area contributed by atoms with Crippen LogP contribution in [0.5, 0.6) is 0 Å². The quantitative estimate of drug-likeness (QED) is 0.767. The van der Waals surface area contributed by atoms with Crippen molar-refractivity contribution < 1.29 is 9.59 Å². The van der Waals surface area contributed by atoms with Crippen LogP contribution in [0.15, 0.2) is 24.3 Å². The lowest BCUT2D eigenvalue weighted by atomic mass is 10.00. The number of nitrogens with one attached hydrogen (secondary N) is 2. The molecule has 0 spiro atoms. The molecule has 128 valence electrons. The van der Waals surface area contributed by atoms with E-state index >= 15 is 0 Å². The average molecular weight is 384 g/mol. The first-order valence-corrected chi connectivity index (χ1v) is 10.3. The fraction of sp³-hybridized carbons (Fsp3) is 0.500. The molecule has 0 aromatic heterocycles. The van der Waals surface area contributed by atoms with Gasteiger partial charge in [0.1, 0.15) is 0 Å². The Morgan fingerprint density at radius 1 is 1.33 bits per heavy atom. The van der Waals surface area contributed by atoms with Gasteiger partial charge in [-0.15, -0.1) is 0 Å². The van der Waals surface area contributed by atoms with E-state index in [-0.39, 0.29) is 24.4 Å². The van der Waals surface area contributed by atoms with Crippen LogP contribution in [0, 0.1) is 0 Å². The van der Waals surface area contributed by atoms with Gasteiger partial charge in [0.05, 0.1) is 14.1 Å². The normalized spacial score (nSPS) is 25.5. The second-order valence-electron chi connectivity index (χ2n) is 6.28. The monoisotopic (exact) mass is 383 g/mol. The van der Waals surface area contributed by atoms with Crippen molar-refractivity contribution in [2.24, 2.45) is 0 Å². The van der Waals surface area contributed by atoms with E-state index in [1.165, 1.54) is 12.8 Å². The summed E-state index contributed by atoms with van der Waals surface area (Å²) in [6.45, 7) is -0.0474. The van der Waals surface area contributed by atoms with Gasteiger partial charge in [-0.05, 0) is 55.7 Å². The summed E-state index contributed by atoms with van der Waals surface area (Å²) in [5.41, 5.74) is 0.442. The number of hydrogen-bond acceptors (Lipinski definition) is 4. The summed E-state index contributed by atoms with van der Waals surface area (Å²) in [5, 5.41) is 6.71. The number of carbonyl (C=O) groups excluding carboxylic acids is 2. The van der Waals surface area contributed by atoms with Gasteiger partial charge in [-0.1, -0.05) is 17.7 Å². The molecule has 24 heavy (non-hydrogen) atoms. The molecule has 2 amide bonds. The summed E-state index contributed by atoms with van der Waals surface area (Å²) in [5.74, 6) is -0.439. The Bertz CT molecular complexity index is 648. The van der Waals surface area contributed by atoms with Crippen LogP contribution in [0.2, 0.25) is 5.02 Å². The van der Waals surface area contributed by atoms with Crippen LogP contribution in [-0.4, -0.2) is 41.2 Å². The Balaban J connectivity index is 1.57. The lowest BCUT2D eigenvalue weighted by Gasteiger charge is -2.34. The second kappa shape index (κ2) is 7.87. The van der Waals surface area contributed by atoms with Gasteiger partial charge in [0.25, 0.3) is 5.91 Å². The minimum absolute atomic E-state index is 0.0474. The molecule has 2 saturated heterocycles. The summed E-state index contributed by atoms with van der Waals surface area (Å²) in [7, 11) is 0.518. The molecule has 1 aromatic rings. The first kappa shape index (κ1) is 17.7. The van der Waals surface area contributed by atoms with E-state index in [0.717, 1.165) is 12.8 Å². The molecule has 3 rings (SSSR count). The molecule has 5 nitrogen and oxygen atoms in total. The number of benzene rings is 1. The number of rotatable bonds is 5. The van der Waals surface area contributed by atoms with Gasteiger partial charge in [0, 0.05) is 28.7 Å². The van der Waals surface area contributed by atoms with Gasteiger partial charge in [0.2, 0.25) is 5.91 Å². The van der Waals surface area contributed by atoms with Crippen molar-refractivity contribution in [2.75, 3.05) is 6.54 Å². The van der Waals surface area contributed by atoms with E-state index in [0.29, 0.717) is 30.2 Å². The van der Waals surface area contributed by atoms with Crippen LogP contribution in [0.3, 0.4) is 0 Å². The lowest BCUT2D eigenvalue weighted by Crippen LogP contribution is -2.48. The fourth-order valence-electron chi connectivity index (χ4n) is 3.51. The first-order chi connectivity index (χ1) is 11.6. The molecule has 0 radical (unpaired) electrons. The van der Waals surface area contributed by atoms with Crippen molar-refractivity contribution in [3.8, 4) is 0 Å². The Morgan fingerprint density at radius 2 is 2.04 bits per heavy atom. The van der Waals surface area contributed by atoms with Crippen molar-refractivity contribution in [1.29, 1.82) is 0 Å². The third-order valence-electron chi connectivity index (χ3n) is 4.62. The minimum atomic E-state index is -0.308. The molecular weight excluding hydrogens is 365 g/mol. The topological polar surface area (TPSA) is 61.4 Å². The van der Waals surface area contributed by atoms with Crippen molar-refractivity contribution in [2.45, 2.75) is 43.8 Å². The zero-order valence-electron chi connectivity index (χ0n) is 13.1. The van der Waals surface area contributed by atoms with E-state index in [9.17, 15) is 9.59 Å². The van der Waals surface area contributed by atoms with Crippen LogP contribution in [0.1, 0.15) is 36.0 Å². The van der Waals surface area contributed by atoms with E-state index in [1.54, 1.807) is 28.9 Å². The molecule has 3 atom stereocenters. The molecule has 2 aliphatic heterocycles. The highest BCUT2D eigenvalue weighted by atomic mass is 35.5. The minimum Gasteiger partial charge on any atom is -0.343 e. The summed E-state index contributed by atoms with van der Waals surface area (Å²) < 4.78 is 1.71. The predicted octanol–water partition coefficient (Wildman–Crippen LogP) is 2.50. The van der Waals surface area contributed by atoms with Gasteiger partial charge >= 0.3 is 0 Å². The van der Waals surface area contributed by atoms with Crippen LogP contribution < -0.4 is 10.6 Å². The van der Waals surface area contributed by atoms with Crippen LogP contribution >= 0.6 is 19.1 Å². The Morgan fingerprint density at radius 3 is 2.67 bits per heavy atom.